The summed E-state index contributed by atoms with van der Waals surface area (Å²) in [4.78, 5) is 13.2. The molecule has 0 fully saturated rings. The molecule has 3 aromatic rings. The van der Waals surface area contributed by atoms with E-state index in [1.807, 2.05) is 42.5 Å². The summed E-state index contributed by atoms with van der Waals surface area (Å²) in [5, 5.41) is 0.544. The summed E-state index contributed by atoms with van der Waals surface area (Å²) in [6.07, 6.45) is 0. The number of fused-ring (bicyclic) bond motifs is 1. The normalized spacial score (nSPS) is 15.8. The molecule has 1 heterocycles. The van der Waals surface area contributed by atoms with E-state index in [-0.39, 0.29) is 25.4 Å². The summed E-state index contributed by atoms with van der Waals surface area (Å²) in [6.45, 7) is 0. The second-order valence-electron chi connectivity index (χ2n) is 6.52. The SMILES string of the molecule is COc1ccc(C(C[Se]c2ccccc2)N2C(=O)c3ccccc3S2(=O)=O)cc1. The number of ether oxygens (including phenoxy) is 1. The van der Waals surface area contributed by atoms with Crippen molar-refractivity contribution in [1.82, 2.24) is 4.31 Å². The third-order valence-corrected chi connectivity index (χ3v) is 8.92. The number of carbonyl (C=O) groups excluding carboxylic acids is 1. The fourth-order valence-corrected chi connectivity index (χ4v) is 7.47. The van der Waals surface area contributed by atoms with E-state index in [0.717, 1.165) is 14.3 Å². The summed E-state index contributed by atoms with van der Waals surface area (Å²) < 4.78 is 33.9. The molecule has 1 aliphatic heterocycles. The summed E-state index contributed by atoms with van der Waals surface area (Å²) >= 11 is -0.00354. The molecule has 7 heteroatoms. The second-order valence-corrected chi connectivity index (χ2v) is 10.6. The molecule has 1 unspecified atom stereocenters. The quantitative estimate of drug-likeness (QED) is 0.518. The molecular weight excluding hydrogens is 453 g/mol. The fraction of sp³-hybridized carbons (Fsp3) is 0.136. The Morgan fingerprint density at radius 1 is 0.931 bits per heavy atom. The zero-order valence-corrected chi connectivity index (χ0v) is 18.2. The van der Waals surface area contributed by atoms with Crippen LogP contribution in [0.2, 0.25) is 5.32 Å². The standard InChI is InChI=1S/C22H19NO4SSe/c1-27-17-13-11-16(12-14-17)20(15-29-18-7-3-2-4-8-18)23-22(24)19-9-5-6-10-21(19)28(23,25)26/h2-14,20H,15H2,1H3. The van der Waals surface area contributed by atoms with Crippen LogP contribution in [0, 0.1) is 0 Å². The van der Waals surface area contributed by atoms with Gasteiger partial charge in [-0.2, -0.15) is 0 Å². The van der Waals surface area contributed by atoms with Gasteiger partial charge in [-0.15, -0.1) is 0 Å². The van der Waals surface area contributed by atoms with Gasteiger partial charge in [0, 0.05) is 0 Å². The van der Waals surface area contributed by atoms with Crippen LogP contribution < -0.4 is 9.20 Å². The molecule has 1 atom stereocenters. The van der Waals surface area contributed by atoms with Crippen LogP contribution in [0.4, 0.5) is 0 Å². The number of sulfonamides is 1. The van der Waals surface area contributed by atoms with Crippen molar-refractivity contribution in [2.24, 2.45) is 0 Å². The Kier molecular flexibility index (Phi) is 5.45. The monoisotopic (exact) mass is 473 g/mol. The van der Waals surface area contributed by atoms with Gasteiger partial charge in [-0.3, -0.25) is 0 Å². The van der Waals surface area contributed by atoms with Gasteiger partial charge in [0.2, 0.25) is 0 Å². The molecule has 148 valence electrons. The zero-order valence-electron chi connectivity index (χ0n) is 15.7. The van der Waals surface area contributed by atoms with E-state index in [1.54, 1.807) is 37.4 Å². The van der Waals surface area contributed by atoms with Crippen molar-refractivity contribution in [1.29, 1.82) is 0 Å². The first-order valence-corrected chi connectivity index (χ1v) is 12.5. The van der Waals surface area contributed by atoms with Crippen LogP contribution in [0.5, 0.6) is 5.75 Å². The van der Waals surface area contributed by atoms with Crippen LogP contribution in [0.15, 0.2) is 83.8 Å². The van der Waals surface area contributed by atoms with E-state index >= 15 is 0 Å². The van der Waals surface area contributed by atoms with E-state index in [1.165, 1.54) is 6.07 Å². The molecular formula is C22H19NO4SSe. The molecule has 3 aromatic carbocycles. The topological polar surface area (TPSA) is 63.7 Å². The Labute approximate surface area is 176 Å². The third-order valence-electron chi connectivity index (χ3n) is 4.79. The summed E-state index contributed by atoms with van der Waals surface area (Å²) in [5.41, 5.74) is 1.01. The predicted octanol–water partition coefficient (Wildman–Crippen LogP) is 3.03. The summed E-state index contributed by atoms with van der Waals surface area (Å²) in [6, 6.07) is 23.0. The molecule has 0 saturated carbocycles. The molecule has 5 nitrogen and oxygen atoms in total. The van der Waals surface area contributed by atoms with E-state index in [2.05, 4.69) is 0 Å². The molecule has 0 N–H and O–H groups in total. The first-order chi connectivity index (χ1) is 14.0. The minimum absolute atomic E-state index is 0.00354. The first kappa shape index (κ1) is 19.7. The van der Waals surface area contributed by atoms with Gasteiger partial charge in [0.1, 0.15) is 0 Å². The van der Waals surface area contributed by atoms with Gasteiger partial charge in [0.25, 0.3) is 0 Å². The van der Waals surface area contributed by atoms with Crippen molar-refractivity contribution in [2.75, 3.05) is 7.11 Å². The van der Waals surface area contributed by atoms with Crippen molar-refractivity contribution in [3.05, 3.63) is 90.0 Å². The third kappa shape index (κ3) is 3.69. The van der Waals surface area contributed by atoms with Crippen molar-refractivity contribution in [3.8, 4) is 5.75 Å². The molecule has 0 aliphatic carbocycles. The molecule has 0 radical (unpaired) electrons. The van der Waals surface area contributed by atoms with E-state index in [0.29, 0.717) is 11.1 Å². The number of methoxy groups -OCH3 is 1. The molecule has 0 bridgehead atoms. The Balaban J connectivity index is 1.74. The first-order valence-electron chi connectivity index (χ1n) is 9.02. The van der Waals surface area contributed by atoms with Gasteiger partial charge >= 0.3 is 177 Å². The van der Waals surface area contributed by atoms with Gasteiger partial charge in [0.15, 0.2) is 0 Å². The van der Waals surface area contributed by atoms with Gasteiger partial charge in [-0.25, -0.2) is 0 Å². The van der Waals surface area contributed by atoms with Gasteiger partial charge < -0.3 is 0 Å². The van der Waals surface area contributed by atoms with Crippen molar-refractivity contribution in [3.63, 3.8) is 0 Å². The Morgan fingerprint density at radius 3 is 2.24 bits per heavy atom. The van der Waals surface area contributed by atoms with Gasteiger partial charge in [-0.05, 0) is 0 Å². The Morgan fingerprint density at radius 2 is 1.59 bits per heavy atom. The van der Waals surface area contributed by atoms with Crippen LogP contribution in [0.1, 0.15) is 22.0 Å². The van der Waals surface area contributed by atoms with Crippen molar-refractivity contribution >= 4 is 35.3 Å². The minimum atomic E-state index is -3.90. The number of rotatable bonds is 6. The average molecular weight is 472 g/mol. The second kappa shape index (κ2) is 8.03. The van der Waals surface area contributed by atoms with Crippen LogP contribution >= 0.6 is 0 Å². The Bertz CT molecular complexity index is 1130. The van der Waals surface area contributed by atoms with Gasteiger partial charge in [0.05, 0.1) is 0 Å². The number of hydrogen-bond donors (Lipinski definition) is 0. The van der Waals surface area contributed by atoms with Crippen molar-refractivity contribution < 1.29 is 17.9 Å². The number of hydrogen-bond acceptors (Lipinski definition) is 4. The van der Waals surface area contributed by atoms with Crippen LogP contribution in [-0.4, -0.2) is 40.7 Å². The Hall–Kier alpha value is -2.60. The molecule has 0 saturated heterocycles. The number of amides is 1. The number of benzene rings is 3. The van der Waals surface area contributed by atoms with Crippen LogP contribution in [0.3, 0.4) is 0 Å². The van der Waals surface area contributed by atoms with E-state index < -0.39 is 22.0 Å². The fourth-order valence-electron chi connectivity index (χ4n) is 3.33. The molecule has 4 rings (SSSR count). The van der Waals surface area contributed by atoms with Crippen molar-refractivity contribution in [2.45, 2.75) is 16.3 Å². The van der Waals surface area contributed by atoms with Gasteiger partial charge in [-0.1, -0.05) is 0 Å². The maximum absolute atomic E-state index is 13.2. The maximum atomic E-state index is 13.2. The van der Waals surface area contributed by atoms with Crippen LogP contribution in [0.25, 0.3) is 0 Å². The zero-order chi connectivity index (χ0) is 20.4. The summed E-state index contributed by atoms with van der Waals surface area (Å²) in [7, 11) is -2.32. The van der Waals surface area contributed by atoms with E-state index in [9.17, 15) is 13.2 Å². The molecule has 1 aliphatic rings. The molecule has 0 aromatic heterocycles. The number of nitrogens with zero attached hydrogens (tertiary/aromatic N) is 1. The average Bonchev–Trinajstić information content (AvgIpc) is 2.96. The van der Waals surface area contributed by atoms with Crippen LogP contribution in [-0.2, 0) is 10.0 Å². The van der Waals surface area contributed by atoms with E-state index in [4.69, 9.17) is 4.74 Å². The summed E-state index contributed by atoms with van der Waals surface area (Å²) in [5.74, 6) is 0.213. The molecule has 0 spiro atoms. The molecule has 29 heavy (non-hydrogen) atoms. The molecule has 1 amide bonds. The number of carbonyl (C=O) groups is 1. The predicted molar refractivity (Wildman–Crippen MR) is 112 cm³/mol.